The molecule has 0 aromatic carbocycles. The predicted molar refractivity (Wildman–Crippen MR) is 44.8 cm³/mol. The first-order valence-corrected chi connectivity index (χ1v) is 3.77. The molecule has 0 bridgehead atoms. The van der Waals surface area contributed by atoms with Gasteiger partial charge in [-0.2, -0.15) is 0 Å². The molecule has 66 valence electrons. The van der Waals surface area contributed by atoms with Crippen LogP contribution in [0.3, 0.4) is 0 Å². The third kappa shape index (κ3) is 1.52. The van der Waals surface area contributed by atoms with Crippen molar-refractivity contribution in [1.82, 2.24) is 25.0 Å². The number of nitrogens with two attached hydrogens (primary N) is 1. The van der Waals surface area contributed by atoms with Gasteiger partial charge in [0.15, 0.2) is 0 Å². The highest BCUT2D eigenvalue weighted by molar-refractivity contribution is 5.22. The second-order valence-electron chi connectivity index (χ2n) is 2.46. The Morgan fingerprint density at radius 3 is 2.69 bits per heavy atom. The van der Waals surface area contributed by atoms with Crippen LogP contribution in [0.5, 0.6) is 0 Å². The molecule has 13 heavy (non-hydrogen) atoms. The molecule has 0 aliphatic carbocycles. The number of aromatic nitrogens is 5. The second kappa shape index (κ2) is 3.28. The van der Waals surface area contributed by atoms with Crippen molar-refractivity contribution in [2.24, 2.45) is 5.73 Å². The summed E-state index contributed by atoms with van der Waals surface area (Å²) < 4.78 is 1.59. The molecule has 0 unspecified atom stereocenters. The molecule has 0 radical (unpaired) electrons. The summed E-state index contributed by atoms with van der Waals surface area (Å²) in [4.78, 5) is 7.73. The summed E-state index contributed by atoms with van der Waals surface area (Å²) in [6, 6.07) is 0. The quantitative estimate of drug-likeness (QED) is 0.668. The Morgan fingerprint density at radius 1 is 1.31 bits per heavy atom. The van der Waals surface area contributed by atoms with Crippen molar-refractivity contribution in [2.45, 2.75) is 6.54 Å². The molecule has 2 aromatic heterocycles. The Hall–Kier alpha value is -1.82. The standard InChI is InChI=1S/C7H8N6/c8-1-6-4-13(12-11-6)7-2-9-5-10-3-7/h2-5H,1,8H2. The maximum absolute atomic E-state index is 5.39. The lowest BCUT2D eigenvalue weighted by Gasteiger charge is -1.95. The third-order valence-electron chi connectivity index (χ3n) is 1.56. The molecular formula is C7H8N6. The van der Waals surface area contributed by atoms with Crippen molar-refractivity contribution in [3.05, 3.63) is 30.6 Å². The van der Waals surface area contributed by atoms with E-state index in [4.69, 9.17) is 5.73 Å². The fourth-order valence-corrected chi connectivity index (χ4v) is 0.928. The first-order valence-electron chi connectivity index (χ1n) is 3.77. The zero-order valence-corrected chi connectivity index (χ0v) is 6.83. The normalized spacial score (nSPS) is 10.2. The summed E-state index contributed by atoms with van der Waals surface area (Å²) in [5.41, 5.74) is 6.91. The van der Waals surface area contributed by atoms with Crippen LogP contribution in [0.25, 0.3) is 5.69 Å². The van der Waals surface area contributed by atoms with Gasteiger partial charge in [0.1, 0.15) is 12.0 Å². The summed E-state index contributed by atoms with van der Waals surface area (Å²) in [7, 11) is 0. The van der Waals surface area contributed by atoms with Gasteiger partial charge < -0.3 is 5.73 Å². The minimum absolute atomic E-state index is 0.383. The Balaban J connectivity index is 2.36. The highest BCUT2D eigenvalue weighted by Crippen LogP contribution is 2.01. The second-order valence-corrected chi connectivity index (χ2v) is 2.46. The van der Waals surface area contributed by atoms with Gasteiger partial charge in [0.25, 0.3) is 0 Å². The lowest BCUT2D eigenvalue weighted by Crippen LogP contribution is -1.96. The summed E-state index contributed by atoms with van der Waals surface area (Å²) in [6.07, 6.45) is 6.52. The van der Waals surface area contributed by atoms with Crippen molar-refractivity contribution in [3.8, 4) is 5.69 Å². The molecule has 0 saturated heterocycles. The molecule has 0 atom stereocenters. The van der Waals surface area contributed by atoms with Crippen LogP contribution in [0.15, 0.2) is 24.9 Å². The van der Waals surface area contributed by atoms with E-state index < -0.39 is 0 Å². The molecule has 2 rings (SSSR count). The molecular weight excluding hydrogens is 168 g/mol. The molecule has 0 aliphatic rings. The fraction of sp³-hybridized carbons (Fsp3) is 0.143. The van der Waals surface area contributed by atoms with Gasteiger partial charge in [-0.1, -0.05) is 5.21 Å². The van der Waals surface area contributed by atoms with E-state index >= 15 is 0 Å². The lowest BCUT2D eigenvalue weighted by molar-refractivity contribution is 0.788. The predicted octanol–water partition coefficient (Wildman–Crippen LogP) is -0.484. The maximum Gasteiger partial charge on any atom is 0.115 e. The Morgan fingerprint density at radius 2 is 2.08 bits per heavy atom. The van der Waals surface area contributed by atoms with Gasteiger partial charge in [0.05, 0.1) is 24.3 Å². The average molecular weight is 176 g/mol. The van der Waals surface area contributed by atoms with Crippen molar-refractivity contribution >= 4 is 0 Å². The van der Waals surface area contributed by atoms with E-state index in [0.717, 1.165) is 11.4 Å². The monoisotopic (exact) mass is 176 g/mol. The van der Waals surface area contributed by atoms with Crippen molar-refractivity contribution in [3.63, 3.8) is 0 Å². The fourth-order valence-electron chi connectivity index (χ4n) is 0.928. The Labute approximate surface area is 74.4 Å². The number of hydrogen-bond acceptors (Lipinski definition) is 5. The third-order valence-corrected chi connectivity index (χ3v) is 1.56. The summed E-state index contributed by atoms with van der Waals surface area (Å²) in [5, 5.41) is 7.71. The topological polar surface area (TPSA) is 82.5 Å². The average Bonchev–Trinajstić information content (AvgIpc) is 2.67. The highest BCUT2D eigenvalue weighted by atomic mass is 15.4. The molecule has 6 heteroatoms. The van der Waals surface area contributed by atoms with Crippen LogP contribution < -0.4 is 5.73 Å². The zero-order chi connectivity index (χ0) is 9.10. The van der Waals surface area contributed by atoms with Gasteiger partial charge in [0.2, 0.25) is 0 Å². The van der Waals surface area contributed by atoms with E-state index in [1.807, 2.05) is 0 Å². The van der Waals surface area contributed by atoms with E-state index in [1.54, 1.807) is 23.3 Å². The smallest absolute Gasteiger partial charge is 0.115 e. The first kappa shape index (κ1) is 7.81. The van der Waals surface area contributed by atoms with Crippen molar-refractivity contribution < 1.29 is 0 Å². The number of nitrogens with zero attached hydrogens (tertiary/aromatic N) is 5. The van der Waals surface area contributed by atoms with E-state index in [1.165, 1.54) is 6.33 Å². The molecule has 0 spiro atoms. The van der Waals surface area contributed by atoms with Crippen LogP contribution in [0.2, 0.25) is 0 Å². The SMILES string of the molecule is NCc1cn(-c2cncnc2)nn1. The molecule has 0 amide bonds. The van der Waals surface area contributed by atoms with Gasteiger partial charge >= 0.3 is 0 Å². The van der Waals surface area contributed by atoms with E-state index in [0.29, 0.717) is 6.54 Å². The van der Waals surface area contributed by atoms with Crippen molar-refractivity contribution in [1.29, 1.82) is 0 Å². The molecule has 2 N–H and O–H groups in total. The lowest BCUT2D eigenvalue weighted by atomic mass is 10.5. The van der Waals surface area contributed by atoms with Gasteiger partial charge in [-0.25, -0.2) is 14.6 Å². The van der Waals surface area contributed by atoms with E-state index in [9.17, 15) is 0 Å². The molecule has 6 nitrogen and oxygen atoms in total. The summed E-state index contributed by atoms with van der Waals surface area (Å²) in [6.45, 7) is 0.383. The first-order chi connectivity index (χ1) is 6.40. The highest BCUT2D eigenvalue weighted by Gasteiger charge is 2.00. The molecule has 0 aliphatic heterocycles. The van der Waals surface area contributed by atoms with Gasteiger partial charge in [-0.15, -0.1) is 5.10 Å². The van der Waals surface area contributed by atoms with Crippen LogP contribution in [-0.2, 0) is 6.54 Å². The largest absolute Gasteiger partial charge is 0.325 e. The van der Waals surface area contributed by atoms with E-state index in [-0.39, 0.29) is 0 Å². The molecule has 0 saturated carbocycles. The Bertz CT molecular complexity index is 381. The van der Waals surface area contributed by atoms with E-state index in [2.05, 4.69) is 20.3 Å². The van der Waals surface area contributed by atoms with Crippen molar-refractivity contribution in [2.75, 3.05) is 0 Å². The van der Waals surface area contributed by atoms with Gasteiger partial charge in [0, 0.05) is 6.54 Å². The maximum atomic E-state index is 5.39. The molecule has 0 fully saturated rings. The van der Waals surface area contributed by atoms with Gasteiger partial charge in [-0.05, 0) is 0 Å². The zero-order valence-electron chi connectivity index (χ0n) is 6.83. The summed E-state index contributed by atoms with van der Waals surface area (Å²) in [5.74, 6) is 0. The van der Waals surface area contributed by atoms with Gasteiger partial charge in [-0.3, -0.25) is 0 Å². The van der Waals surface area contributed by atoms with Crippen LogP contribution >= 0.6 is 0 Å². The summed E-state index contributed by atoms with van der Waals surface area (Å²) >= 11 is 0. The Kier molecular flexibility index (Phi) is 1.97. The number of hydrogen-bond donors (Lipinski definition) is 1. The minimum Gasteiger partial charge on any atom is -0.325 e. The minimum atomic E-state index is 0.383. The van der Waals surface area contributed by atoms with Crippen LogP contribution in [0.1, 0.15) is 5.69 Å². The molecule has 2 aromatic rings. The molecule has 2 heterocycles. The van der Waals surface area contributed by atoms with Crippen LogP contribution in [0.4, 0.5) is 0 Å². The number of rotatable bonds is 2. The van der Waals surface area contributed by atoms with Crippen LogP contribution in [0, 0.1) is 0 Å². The van der Waals surface area contributed by atoms with Crippen LogP contribution in [-0.4, -0.2) is 25.0 Å².